The van der Waals surface area contributed by atoms with Crippen molar-refractivity contribution in [3.63, 3.8) is 0 Å². The lowest BCUT2D eigenvalue weighted by atomic mass is 9.94. The average molecular weight is 318 g/mol. The summed E-state index contributed by atoms with van der Waals surface area (Å²) >= 11 is 0. The van der Waals surface area contributed by atoms with Gasteiger partial charge < -0.3 is 4.74 Å². The van der Waals surface area contributed by atoms with Gasteiger partial charge in [-0.15, -0.1) is 0 Å². The molecule has 3 N–H and O–H groups in total. The van der Waals surface area contributed by atoms with Crippen molar-refractivity contribution in [3.8, 4) is 0 Å². The van der Waals surface area contributed by atoms with E-state index in [4.69, 9.17) is 4.74 Å². The number of benzene rings is 1. The highest BCUT2D eigenvalue weighted by atomic mass is 16.5. The Labute approximate surface area is 135 Å². The third-order valence-electron chi connectivity index (χ3n) is 4.41. The zero-order chi connectivity index (χ0) is 16.4. The van der Waals surface area contributed by atoms with Gasteiger partial charge in [0.15, 0.2) is 6.29 Å². The van der Waals surface area contributed by atoms with Gasteiger partial charge in [0.05, 0.1) is 24.8 Å². The van der Waals surface area contributed by atoms with Crippen molar-refractivity contribution in [2.45, 2.75) is 32.6 Å². The first-order valence-corrected chi connectivity index (χ1v) is 7.86. The zero-order valence-electron chi connectivity index (χ0n) is 13.3. The summed E-state index contributed by atoms with van der Waals surface area (Å²) in [5, 5.41) is 8.05. The number of esters is 1. The molecule has 23 heavy (non-hydrogen) atoms. The molecule has 2 fully saturated rings. The molecule has 1 aromatic rings. The predicted molar refractivity (Wildman–Crippen MR) is 83.9 cm³/mol. The topological polar surface area (TPSA) is 82.7 Å². The Bertz CT molecular complexity index is 607. The van der Waals surface area contributed by atoms with Gasteiger partial charge >= 0.3 is 5.97 Å². The Balaban J connectivity index is 1.55. The SMILES string of the molecule is Cc1ccccc1C(=O)OCCC1C(=O)N2NCNC2NC1C. The van der Waals surface area contributed by atoms with E-state index in [0.29, 0.717) is 18.7 Å². The summed E-state index contributed by atoms with van der Waals surface area (Å²) in [7, 11) is 0. The highest BCUT2D eigenvalue weighted by molar-refractivity contribution is 5.91. The first-order valence-electron chi connectivity index (χ1n) is 7.86. The summed E-state index contributed by atoms with van der Waals surface area (Å²) in [6, 6.07) is 7.34. The largest absolute Gasteiger partial charge is 0.462 e. The van der Waals surface area contributed by atoms with Crippen LogP contribution in [-0.4, -0.2) is 42.5 Å². The molecule has 2 aliphatic rings. The molecule has 3 unspecified atom stereocenters. The van der Waals surface area contributed by atoms with Crippen LogP contribution in [0.25, 0.3) is 0 Å². The van der Waals surface area contributed by atoms with E-state index in [1.54, 1.807) is 11.1 Å². The summed E-state index contributed by atoms with van der Waals surface area (Å²) in [5.41, 5.74) is 4.45. The molecule has 7 heteroatoms. The van der Waals surface area contributed by atoms with Gasteiger partial charge in [-0.25, -0.2) is 15.2 Å². The van der Waals surface area contributed by atoms with E-state index in [1.807, 2.05) is 32.0 Å². The average Bonchev–Trinajstić information content (AvgIpc) is 2.99. The van der Waals surface area contributed by atoms with Crippen molar-refractivity contribution < 1.29 is 14.3 Å². The van der Waals surface area contributed by atoms with Crippen LogP contribution < -0.4 is 16.1 Å². The van der Waals surface area contributed by atoms with Crippen molar-refractivity contribution in [2.24, 2.45) is 5.92 Å². The lowest BCUT2D eigenvalue weighted by molar-refractivity contribution is -0.147. The Morgan fingerprint density at radius 2 is 2.17 bits per heavy atom. The van der Waals surface area contributed by atoms with E-state index in [1.165, 1.54) is 0 Å². The highest BCUT2D eigenvalue weighted by Gasteiger charge is 2.41. The van der Waals surface area contributed by atoms with Crippen LogP contribution in [0.3, 0.4) is 0 Å². The second kappa shape index (κ2) is 6.66. The molecular weight excluding hydrogens is 296 g/mol. The molecule has 0 aromatic heterocycles. The number of fused-ring (bicyclic) bond motifs is 1. The van der Waals surface area contributed by atoms with Crippen LogP contribution in [0, 0.1) is 12.8 Å². The van der Waals surface area contributed by atoms with Crippen molar-refractivity contribution in [1.82, 2.24) is 21.1 Å². The number of nitrogens with zero attached hydrogens (tertiary/aromatic N) is 1. The molecule has 1 aromatic carbocycles. The fourth-order valence-corrected chi connectivity index (χ4v) is 3.04. The number of aryl methyl sites for hydroxylation is 1. The molecule has 2 heterocycles. The van der Waals surface area contributed by atoms with Crippen LogP contribution in [0.15, 0.2) is 24.3 Å². The molecule has 1 amide bonds. The fourth-order valence-electron chi connectivity index (χ4n) is 3.04. The standard InChI is InChI=1S/C16H22N4O3/c1-10-5-3-4-6-12(10)15(22)23-8-7-13-11(2)19-16-17-9-18-20(16)14(13)21/h3-6,11,13,16-19H,7-9H2,1-2H3. The van der Waals surface area contributed by atoms with Gasteiger partial charge in [-0.3, -0.25) is 15.4 Å². The van der Waals surface area contributed by atoms with Crippen LogP contribution in [-0.2, 0) is 9.53 Å². The van der Waals surface area contributed by atoms with Crippen molar-refractivity contribution in [1.29, 1.82) is 0 Å². The monoisotopic (exact) mass is 318 g/mol. The zero-order valence-corrected chi connectivity index (χ0v) is 13.3. The highest BCUT2D eigenvalue weighted by Crippen LogP contribution is 2.20. The number of hydrazine groups is 1. The first kappa shape index (κ1) is 15.9. The predicted octanol–water partition coefficient (Wildman–Crippen LogP) is 0.327. The molecule has 124 valence electrons. The van der Waals surface area contributed by atoms with Gasteiger partial charge in [0.1, 0.15) is 0 Å². The van der Waals surface area contributed by atoms with Crippen LogP contribution in [0.5, 0.6) is 0 Å². The van der Waals surface area contributed by atoms with Gasteiger partial charge in [0.25, 0.3) is 0 Å². The smallest absolute Gasteiger partial charge is 0.338 e. The molecule has 0 radical (unpaired) electrons. The molecule has 0 spiro atoms. The first-order chi connectivity index (χ1) is 11.1. The fraction of sp³-hybridized carbons (Fsp3) is 0.500. The molecule has 3 atom stereocenters. The molecule has 0 saturated carbocycles. The molecule has 3 rings (SSSR count). The van der Waals surface area contributed by atoms with E-state index in [-0.39, 0.29) is 36.7 Å². The van der Waals surface area contributed by atoms with Crippen LogP contribution >= 0.6 is 0 Å². The lowest BCUT2D eigenvalue weighted by Gasteiger charge is -2.38. The Hall–Kier alpha value is -1.96. The molecule has 7 nitrogen and oxygen atoms in total. The minimum Gasteiger partial charge on any atom is -0.462 e. The molecule has 0 aliphatic carbocycles. The third kappa shape index (κ3) is 3.21. The van der Waals surface area contributed by atoms with Crippen LogP contribution in [0.1, 0.15) is 29.3 Å². The van der Waals surface area contributed by atoms with E-state index in [9.17, 15) is 9.59 Å². The third-order valence-corrected chi connectivity index (χ3v) is 4.41. The molecule has 2 aliphatic heterocycles. The van der Waals surface area contributed by atoms with Crippen molar-refractivity contribution in [3.05, 3.63) is 35.4 Å². The van der Waals surface area contributed by atoms with Gasteiger partial charge in [-0.2, -0.15) is 0 Å². The summed E-state index contributed by atoms with van der Waals surface area (Å²) < 4.78 is 5.35. The maximum Gasteiger partial charge on any atom is 0.338 e. The number of hydrogen-bond acceptors (Lipinski definition) is 6. The van der Waals surface area contributed by atoms with Crippen LogP contribution in [0.4, 0.5) is 0 Å². The second-order valence-electron chi connectivity index (χ2n) is 5.95. The normalized spacial score (nSPS) is 27.0. The molecule has 2 saturated heterocycles. The van der Waals surface area contributed by atoms with Crippen molar-refractivity contribution in [2.75, 3.05) is 13.3 Å². The number of hydrogen-bond donors (Lipinski definition) is 3. The quantitative estimate of drug-likeness (QED) is 0.694. The summed E-state index contributed by atoms with van der Waals surface area (Å²) in [6.07, 6.45) is 0.332. The summed E-state index contributed by atoms with van der Waals surface area (Å²) in [5.74, 6) is -0.535. The summed E-state index contributed by atoms with van der Waals surface area (Å²) in [6.45, 7) is 4.63. The lowest BCUT2D eigenvalue weighted by Crippen LogP contribution is -2.64. The minimum atomic E-state index is -0.342. The number of carbonyl (C=O) groups excluding carboxylic acids is 2. The molecular formula is C16H22N4O3. The Kier molecular flexibility index (Phi) is 4.61. The Morgan fingerprint density at radius 1 is 1.39 bits per heavy atom. The van der Waals surface area contributed by atoms with Gasteiger partial charge in [0, 0.05) is 6.04 Å². The number of carbonyl (C=O) groups is 2. The van der Waals surface area contributed by atoms with Crippen LogP contribution in [0.2, 0.25) is 0 Å². The van der Waals surface area contributed by atoms with Gasteiger partial charge in [-0.1, -0.05) is 18.2 Å². The van der Waals surface area contributed by atoms with Gasteiger partial charge in [-0.05, 0) is 31.9 Å². The maximum absolute atomic E-state index is 12.5. The number of ether oxygens (including phenoxy) is 1. The van der Waals surface area contributed by atoms with E-state index in [2.05, 4.69) is 16.1 Å². The number of amides is 1. The van der Waals surface area contributed by atoms with Crippen molar-refractivity contribution >= 4 is 11.9 Å². The van der Waals surface area contributed by atoms with E-state index in [0.717, 1.165) is 5.56 Å². The van der Waals surface area contributed by atoms with Gasteiger partial charge in [0.2, 0.25) is 5.91 Å². The number of rotatable bonds is 4. The summed E-state index contributed by atoms with van der Waals surface area (Å²) in [4.78, 5) is 24.6. The molecule has 0 bridgehead atoms. The Morgan fingerprint density at radius 3 is 2.96 bits per heavy atom. The second-order valence-corrected chi connectivity index (χ2v) is 5.95. The maximum atomic E-state index is 12.5. The minimum absolute atomic E-state index is 0.0216. The van der Waals surface area contributed by atoms with E-state index >= 15 is 0 Å². The number of nitrogens with one attached hydrogen (secondary N) is 3. The van der Waals surface area contributed by atoms with E-state index < -0.39 is 0 Å².